The maximum Gasteiger partial charge on any atom is 0.237 e. The number of amides is 1. The number of halogens is 1. The van der Waals surface area contributed by atoms with Crippen LogP contribution in [0.5, 0.6) is 0 Å². The van der Waals surface area contributed by atoms with Crippen molar-refractivity contribution in [2.75, 3.05) is 13.1 Å². The molecule has 1 fully saturated rings. The average Bonchev–Trinajstić information content (AvgIpc) is 2.78. The zero-order valence-corrected chi connectivity index (χ0v) is 11.6. The van der Waals surface area contributed by atoms with Crippen LogP contribution < -0.4 is 10.6 Å². The summed E-state index contributed by atoms with van der Waals surface area (Å²) in [6.45, 7) is 1.12. The van der Waals surface area contributed by atoms with Crippen molar-refractivity contribution in [1.82, 2.24) is 10.6 Å². The van der Waals surface area contributed by atoms with Crippen LogP contribution in [0.2, 0.25) is 0 Å². The first-order chi connectivity index (χ1) is 8.65. The number of β-amino-alcohol motifs (C(OH)–C–C–N with tert-alkyl or cyclic N) is 1. The first-order valence-corrected chi connectivity index (χ1v) is 6.88. The Morgan fingerprint density at radius 3 is 2.78 bits per heavy atom. The number of carbonyl (C=O) groups excluding carboxylic acids is 1. The Kier molecular flexibility index (Phi) is 4.74. The van der Waals surface area contributed by atoms with Crippen LogP contribution in [0.4, 0.5) is 0 Å². The molecule has 1 aromatic rings. The van der Waals surface area contributed by atoms with Crippen LogP contribution in [0.25, 0.3) is 0 Å². The number of hydrogen-bond donors (Lipinski definition) is 3. The minimum atomic E-state index is -0.396. The Balaban J connectivity index is 1.72. The highest BCUT2D eigenvalue weighted by molar-refractivity contribution is 9.10. The predicted octanol–water partition coefficient (Wildman–Crippen LogP) is 0.831. The van der Waals surface area contributed by atoms with E-state index >= 15 is 0 Å². The van der Waals surface area contributed by atoms with E-state index in [-0.39, 0.29) is 11.9 Å². The fraction of sp³-hybridized carbons (Fsp3) is 0.462. The summed E-state index contributed by atoms with van der Waals surface area (Å²) >= 11 is 3.39. The molecule has 1 heterocycles. The van der Waals surface area contributed by atoms with E-state index in [0.717, 1.165) is 10.9 Å². The third-order valence-electron chi connectivity index (χ3n) is 3.05. The molecular weight excluding hydrogens is 296 g/mol. The van der Waals surface area contributed by atoms with Gasteiger partial charge in [0, 0.05) is 17.6 Å². The Hall–Kier alpha value is -0.910. The highest BCUT2D eigenvalue weighted by atomic mass is 79.9. The van der Waals surface area contributed by atoms with Crippen LogP contribution in [-0.4, -0.2) is 36.2 Å². The summed E-state index contributed by atoms with van der Waals surface area (Å²) in [4.78, 5) is 11.7. The molecule has 98 valence electrons. The second kappa shape index (κ2) is 6.31. The number of benzene rings is 1. The lowest BCUT2D eigenvalue weighted by Gasteiger charge is -2.10. The standard InChI is InChI=1S/C13H17BrN2O2/c14-10-3-1-9(2-4-10)5-6-15-13(18)12-7-11(17)8-16-12/h1-4,11-12,16-17H,5-8H2,(H,15,18)/t11-,12-/m1/s1. The van der Waals surface area contributed by atoms with E-state index in [4.69, 9.17) is 0 Å². The molecule has 3 N–H and O–H groups in total. The van der Waals surface area contributed by atoms with Crippen LogP contribution in [-0.2, 0) is 11.2 Å². The zero-order valence-electron chi connectivity index (χ0n) is 10.0. The molecule has 2 rings (SSSR count). The average molecular weight is 313 g/mol. The maximum atomic E-state index is 11.7. The molecule has 1 aliphatic heterocycles. The Labute approximate surface area is 115 Å². The van der Waals surface area contributed by atoms with Crippen molar-refractivity contribution in [3.63, 3.8) is 0 Å². The summed E-state index contributed by atoms with van der Waals surface area (Å²) in [5, 5.41) is 15.2. The molecule has 1 aromatic carbocycles. The van der Waals surface area contributed by atoms with Gasteiger partial charge >= 0.3 is 0 Å². The van der Waals surface area contributed by atoms with Crippen molar-refractivity contribution < 1.29 is 9.90 Å². The molecule has 0 aliphatic carbocycles. The molecule has 4 nitrogen and oxygen atoms in total. The van der Waals surface area contributed by atoms with Gasteiger partial charge in [-0.3, -0.25) is 4.79 Å². The summed E-state index contributed by atoms with van der Waals surface area (Å²) in [6, 6.07) is 7.81. The van der Waals surface area contributed by atoms with Gasteiger partial charge in [0.2, 0.25) is 5.91 Å². The van der Waals surface area contributed by atoms with Gasteiger partial charge in [0.1, 0.15) is 0 Å². The van der Waals surface area contributed by atoms with Crippen molar-refractivity contribution in [3.8, 4) is 0 Å². The lowest BCUT2D eigenvalue weighted by molar-refractivity contribution is -0.122. The molecule has 1 aliphatic rings. The van der Waals surface area contributed by atoms with Gasteiger partial charge < -0.3 is 15.7 Å². The summed E-state index contributed by atoms with van der Waals surface area (Å²) in [5.74, 6) is -0.0244. The quantitative estimate of drug-likeness (QED) is 0.772. The molecule has 5 heteroatoms. The van der Waals surface area contributed by atoms with Gasteiger partial charge in [-0.25, -0.2) is 0 Å². The van der Waals surface area contributed by atoms with E-state index in [2.05, 4.69) is 26.6 Å². The maximum absolute atomic E-state index is 11.7. The Bertz CT molecular complexity index is 408. The van der Waals surface area contributed by atoms with Gasteiger partial charge in [0.25, 0.3) is 0 Å². The molecule has 0 spiro atoms. The normalized spacial score (nSPS) is 23.0. The molecular formula is C13H17BrN2O2. The molecule has 1 amide bonds. The molecule has 0 unspecified atom stereocenters. The highest BCUT2D eigenvalue weighted by Gasteiger charge is 2.27. The zero-order chi connectivity index (χ0) is 13.0. The van der Waals surface area contributed by atoms with Gasteiger partial charge in [-0.15, -0.1) is 0 Å². The predicted molar refractivity (Wildman–Crippen MR) is 73.3 cm³/mol. The molecule has 1 saturated heterocycles. The highest BCUT2D eigenvalue weighted by Crippen LogP contribution is 2.10. The molecule has 0 aromatic heterocycles. The first kappa shape index (κ1) is 13.5. The minimum absolute atomic E-state index is 0.0244. The van der Waals surface area contributed by atoms with E-state index < -0.39 is 6.10 Å². The van der Waals surface area contributed by atoms with Gasteiger partial charge in [0.05, 0.1) is 12.1 Å². The first-order valence-electron chi connectivity index (χ1n) is 6.09. The lowest BCUT2D eigenvalue weighted by Crippen LogP contribution is -2.41. The third kappa shape index (κ3) is 3.80. The minimum Gasteiger partial charge on any atom is -0.392 e. The molecule has 0 radical (unpaired) electrons. The Morgan fingerprint density at radius 1 is 1.44 bits per heavy atom. The number of rotatable bonds is 4. The van der Waals surface area contributed by atoms with Gasteiger partial charge in [-0.2, -0.15) is 0 Å². The van der Waals surface area contributed by atoms with Crippen LogP contribution in [0.3, 0.4) is 0 Å². The van der Waals surface area contributed by atoms with Gasteiger partial charge in [-0.05, 0) is 30.5 Å². The van der Waals surface area contributed by atoms with E-state index in [1.165, 1.54) is 5.56 Å². The van der Waals surface area contributed by atoms with E-state index in [9.17, 15) is 9.90 Å². The van der Waals surface area contributed by atoms with Crippen molar-refractivity contribution >= 4 is 21.8 Å². The summed E-state index contributed by atoms with van der Waals surface area (Å²) in [6.07, 6.45) is 0.922. The van der Waals surface area contributed by atoms with E-state index in [1.807, 2.05) is 24.3 Å². The summed E-state index contributed by atoms with van der Waals surface area (Å²) in [7, 11) is 0. The lowest BCUT2D eigenvalue weighted by atomic mass is 10.1. The fourth-order valence-corrected chi connectivity index (χ4v) is 2.29. The summed E-state index contributed by atoms with van der Waals surface area (Å²) in [5.41, 5.74) is 1.19. The van der Waals surface area contributed by atoms with E-state index in [0.29, 0.717) is 19.5 Å². The largest absolute Gasteiger partial charge is 0.392 e. The van der Waals surface area contributed by atoms with Crippen molar-refractivity contribution in [1.29, 1.82) is 0 Å². The SMILES string of the molecule is O=C(NCCc1ccc(Br)cc1)[C@H]1C[C@@H](O)CN1. The second-order valence-electron chi connectivity index (χ2n) is 4.52. The van der Waals surface area contributed by atoms with Crippen molar-refractivity contribution in [2.24, 2.45) is 0 Å². The van der Waals surface area contributed by atoms with Crippen molar-refractivity contribution in [3.05, 3.63) is 34.3 Å². The number of aliphatic hydroxyl groups excluding tert-OH is 1. The molecule has 18 heavy (non-hydrogen) atoms. The fourth-order valence-electron chi connectivity index (χ4n) is 2.02. The number of aliphatic hydroxyl groups is 1. The molecule has 2 atom stereocenters. The van der Waals surface area contributed by atoms with Gasteiger partial charge in [-0.1, -0.05) is 28.1 Å². The topological polar surface area (TPSA) is 61.4 Å². The Morgan fingerprint density at radius 2 is 2.17 bits per heavy atom. The summed E-state index contributed by atoms with van der Waals surface area (Å²) < 4.78 is 1.06. The monoisotopic (exact) mass is 312 g/mol. The van der Waals surface area contributed by atoms with Crippen LogP contribution in [0.15, 0.2) is 28.7 Å². The molecule has 0 saturated carbocycles. The van der Waals surface area contributed by atoms with Crippen molar-refractivity contribution in [2.45, 2.75) is 25.0 Å². The molecule has 0 bridgehead atoms. The smallest absolute Gasteiger partial charge is 0.237 e. The second-order valence-corrected chi connectivity index (χ2v) is 5.43. The van der Waals surface area contributed by atoms with Crippen LogP contribution >= 0.6 is 15.9 Å². The van der Waals surface area contributed by atoms with Crippen LogP contribution in [0, 0.1) is 0 Å². The third-order valence-corrected chi connectivity index (χ3v) is 3.58. The van der Waals surface area contributed by atoms with Crippen LogP contribution in [0.1, 0.15) is 12.0 Å². The van der Waals surface area contributed by atoms with E-state index in [1.54, 1.807) is 0 Å². The number of hydrogen-bond acceptors (Lipinski definition) is 3. The number of carbonyl (C=O) groups is 1. The number of nitrogens with one attached hydrogen (secondary N) is 2. The van der Waals surface area contributed by atoms with Gasteiger partial charge in [0.15, 0.2) is 0 Å².